The Labute approximate surface area is 133 Å². The molecular formula is C16H20N2OS2. The Morgan fingerprint density at radius 1 is 1.14 bits per heavy atom. The van der Waals surface area contributed by atoms with Crippen LogP contribution in [-0.4, -0.2) is 16.9 Å². The van der Waals surface area contributed by atoms with E-state index in [-0.39, 0.29) is 5.91 Å². The van der Waals surface area contributed by atoms with E-state index < -0.39 is 0 Å². The van der Waals surface area contributed by atoms with Crippen molar-refractivity contribution >= 4 is 28.6 Å². The molecule has 1 saturated carbocycles. The van der Waals surface area contributed by atoms with Gasteiger partial charge in [-0.1, -0.05) is 38.2 Å². The van der Waals surface area contributed by atoms with Crippen LogP contribution in [0.3, 0.4) is 0 Å². The van der Waals surface area contributed by atoms with Gasteiger partial charge in [-0.2, -0.15) is 0 Å². The molecule has 1 aliphatic rings. The van der Waals surface area contributed by atoms with E-state index in [1.54, 1.807) is 22.7 Å². The zero-order valence-corrected chi connectivity index (χ0v) is 13.6. The molecule has 2 heterocycles. The lowest BCUT2D eigenvalue weighted by Crippen LogP contribution is -2.35. The van der Waals surface area contributed by atoms with Crippen LogP contribution in [0.5, 0.6) is 0 Å². The first-order chi connectivity index (χ1) is 10.3. The van der Waals surface area contributed by atoms with E-state index in [2.05, 4.69) is 10.3 Å². The van der Waals surface area contributed by atoms with E-state index in [1.807, 2.05) is 22.9 Å². The van der Waals surface area contributed by atoms with Gasteiger partial charge in [0.2, 0.25) is 0 Å². The highest BCUT2D eigenvalue weighted by Crippen LogP contribution is 2.28. The van der Waals surface area contributed by atoms with Crippen LogP contribution in [0.1, 0.15) is 55.4 Å². The quantitative estimate of drug-likeness (QED) is 0.889. The summed E-state index contributed by atoms with van der Waals surface area (Å²) in [6, 6.07) is 4.38. The van der Waals surface area contributed by atoms with Crippen molar-refractivity contribution in [3.63, 3.8) is 0 Å². The Morgan fingerprint density at radius 2 is 1.90 bits per heavy atom. The molecule has 2 aromatic rings. The maximum Gasteiger partial charge on any atom is 0.270 e. The first kappa shape index (κ1) is 14.7. The first-order valence-electron chi connectivity index (χ1n) is 7.63. The second kappa shape index (κ2) is 7.18. The van der Waals surface area contributed by atoms with Gasteiger partial charge in [0.15, 0.2) is 0 Å². The maximum absolute atomic E-state index is 12.3. The minimum atomic E-state index is -0.0142. The molecule has 1 amide bonds. The molecule has 0 radical (unpaired) electrons. The van der Waals surface area contributed by atoms with E-state index in [4.69, 9.17) is 0 Å². The number of rotatable bonds is 3. The Morgan fingerprint density at radius 3 is 2.62 bits per heavy atom. The Bertz CT molecular complexity index is 569. The van der Waals surface area contributed by atoms with E-state index in [0.29, 0.717) is 11.7 Å². The Hall–Kier alpha value is -1.20. The highest BCUT2D eigenvalue weighted by molar-refractivity contribution is 7.20. The molecule has 0 bridgehead atoms. The van der Waals surface area contributed by atoms with Crippen LogP contribution >= 0.6 is 22.7 Å². The summed E-state index contributed by atoms with van der Waals surface area (Å²) >= 11 is 3.20. The van der Waals surface area contributed by atoms with Gasteiger partial charge in [0.1, 0.15) is 10.7 Å². The third kappa shape index (κ3) is 3.92. The van der Waals surface area contributed by atoms with Gasteiger partial charge < -0.3 is 5.32 Å². The fraction of sp³-hybridized carbons (Fsp3) is 0.500. The number of thiophene rings is 1. The molecule has 1 aliphatic carbocycles. The molecule has 5 heteroatoms. The number of carbonyl (C=O) groups is 1. The minimum absolute atomic E-state index is 0.0142. The average Bonchev–Trinajstić information content (AvgIpc) is 3.10. The largest absolute Gasteiger partial charge is 0.348 e. The van der Waals surface area contributed by atoms with Crippen LogP contribution in [0.15, 0.2) is 22.9 Å². The van der Waals surface area contributed by atoms with Gasteiger partial charge in [0.25, 0.3) is 5.91 Å². The van der Waals surface area contributed by atoms with Gasteiger partial charge in [0.05, 0.1) is 4.88 Å². The zero-order valence-electron chi connectivity index (χ0n) is 12.0. The second-order valence-electron chi connectivity index (χ2n) is 5.53. The van der Waals surface area contributed by atoms with Crippen molar-refractivity contribution < 1.29 is 4.79 Å². The fourth-order valence-electron chi connectivity index (χ4n) is 2.75. The van der Waals surface area contributed by atoms with E-state index in [0.717, 1.165) is 22.7 Å². The maximum atomic E-state index is 12.3. The second-order valence-corrected chi connectivity index (χ2v) is 7.34. The lowest BCUT2D eigenvalue weighted by Gasteiger charge is -2.20. The summed E-state index contributed by atoms with van der Waals surface area (Å²) in [4.78, 5) is 17.9. The molecule has 0 saturated heterocycles. The SMILES string of the molecule is O=C(NC1CCCCCCC1)c1csc(-c2cccs2)n1. The zero-order chi connectivity index (χ0) is 14.5. The van der Waals surface area contributed by atoms with E-state index >= 15 is 0 Å². The number of amides is 1. The topological polar surface area (TPSA) is 42.0 Å². The van der Waals surface area contributed by atoms with Crippen molar-refractivity contribution in [3.8, 4) is 9.88 Å². The molecule has 3 rings (SSSR count). The van der Waals surface area contributed by atoms with E-state index in [1.165, 1.54) is 32.1 Å². The molecule has 0 aliphatic heterocycles. The van der Waals surface area contributed by atoms with Crippen molar-refractivity contribution in [2.45, 2.75) is 51.0 Å². The predicted octanol–water partition coefficient (Wildman–Crippen LogP) is 4.71. The average molecular weight is 320 g/mol. The van der Waals surface area contributed by atoms with Gasteiger partial charge in [0, 0.05) is 11.4 Å². The van der Waals surface area contributed by atoms with Gasteiger partial charge in [-0.15, -0.1) is 22.7 Å². The van der Waals surface area contributed by atoms with Crippen LogP contribution < -0.4 is 5.32 Å². The van der Waals surface area contributed by atoms with Crippen molar-refractivity contribution in [1.82, 2.24) is 10.3 Å². The summed E-state index contributed by atoms with van der Waals surface area (Å²) in [6.45, 7) is 0. The number of aromatic nitrogens is 1. The number of hydrogen-bond acceptors (Lipinski definition) is 4. The monoisotopic (exact) mass is 320 g/mol. The Balaban J connectivity index is 1.62. The van der Waals surface area contributed by atoms with Gasteiger partial charge in [-0.3, -0.25) is 4.79 Å². The Kier molecular flexibility index (Phi) is 5.04. The van der Waals surface area contributed by atoms with Crippen LogP contribution in [0, 0.1) is 0 Å². The highest BCUT2D eigenvalue weighted by Gasteiger charge is 2.17. The number of carbonyl (C=O) groups excluding carboxylic acids is 1. The molecule has 21 heavy (non-hydrogen) atoms. The summed E-state index contributed by atoms with van der Waals surface area (Å²) in [5, 5.41) is 8.01. The lowest BCUT2D eigenvalue weighted by molar-refractivity contribution is 0.0926. The summed E-state index contributed by atoms with van der Waals surface area (Å²) in [5.74, 6) is -0.0142. The molecule has 1 fully saturated rings. The molecule has 1 N–H and O–H groups in total. The van der Waals surface area contributed by atoms with Crippen molar-refractivity contribution in [2.75, 3.05) is 0 Å². The van der Waals surface area contributed by atoms with Gasteiger partial charge >= 0.3 is 0 Å². The predicted molar refractivity (Wildman–Crippen MR) is 89.0 cm³/mol. The third-order valence-corrected chi connectivity index (χ3v) is 5.79. The smallest absolute Gasteiger partial charge is 0.270 e. The number of thiazole rings is 1. The third-order valence-electron chi connectivity index (χ3n) is 3.91. The van der Waals surface area contributed by atoms with Crippen molar-refractivity contribution in [3.05, 3.63) is 28.6 Å². The van der Waals surface area contributed by atoms with Crippen LogP contribution in [0.25, 0.3) is 9.88 Å². The molecule has 112 valence electrons. The molecular weight excluding hydrogens is 300 g/mol. The molecule has 0 aromatic carbocycles. The number of hydrogen-bond donors (Lipinski definition) is 1. The molecule has 2 aromatic heterocycles. The highest BCUT2D eigenvalue weighted by atomic mass is 32.1. The van der Waals surface area contributed by atoms with Crippen molar-refractivity contribution in [1.29, 1.82) is 0 Å². The van der Waals surface area contributed by atoms with E-state index in [9.17, 15) is 4.79 Å². The number of nitrogens with zero attached hydrogens (tertiary/aromatic N) is 1. The molecule has 0 spiro atoms. The molecule has 0 unspecified atom stereocenters. The lowest BCUT2D eigenvalue weighted by atomic mass is 9.97. The summed E-state index contributed by atoms with van der Waals surface area (Å²) < 4.78 is 0. The summed E-state index contributed by atoms with van der Waals surface area (Å²) in [5.41, 5.74) is 0.561. The summed E-state index contributed by atoms with van der Waals surface area (Å²) in [6.07, 6.45) is 8.60. The van der Waals surface area contributed by atoms with Crippen molar-refractivity contribution in [2.24, 2.45) is 0 Å². The normalized spacial score (nSPS) is 17.1. The van der Waals surface area contributed by atoms with Gasteiger partial charge in [-0.05, 0) is 24.3 Å². The van der Waals surface area contributed by atoms with Gasteiger partial charge in [-0.25, -0.2) is 4.98 Å². The van der Waals surface area contributed by atoms with Crippen LogP contribution in [0.2, 0.25) is 0 Å². The van der Waals surface area contributed by atoms with Crippen LogP contribution in [0.4, 0.5) is 0 Å². The fourth-order valence-corrected chi connectivity index (χ4v) is 4.37. The summed E-state index contributed by atoms with van der Waals surface area (Å²) in [7, 11) is 0. The molecule has 3 nitrogen and oxygen atoms in total. The first-order valence-corrected chi connectivity index (χ1v) is 9.39. The minimum Gasteiger partial charge on any atom is -0.348 e. The standard InChI is InChI=1S/C16H20N2OS2/c19-15(17-12-7-4-2-1-3-5-8-12)13-11-21-16(18-13)14-9-6-10-20-14/h6,9-12H,1-5,7-8H2,(H,17,19). The van der Waals surface area contributed by atoms with Crippen LogP contribution in [-0.2, 0) is 0 Å². The molecule has 0 atom stereocenters. The number of nitrogens with one attached hydrogen (secondary N) is 1.